The molecule has 0 amide bonds. The van der Waals surface area contributed by atoms with Crippen LogP contribution in [0.5, 0.6) is 5.75 Å². The number of rotatable bonds is 4. The SMILES string of the molecule is CCOc1cncc(-c2ccc(Cl)cc2CN)c1. The second-order valence-electron chi connectivity index (χ2n) is 3.85. The van der Waals surface area contributed by atoms with Crippen molar-refractivity contribution in [3.8, 4) is 16.9 Å². The predicted molar refractivity (Wildman–Crippen MR) is 73.7 cm³/mol. The van der Waals surface area contributed by atoms with E-state index in [-0.39, 0.29) is 0 Å². The van der Waals surface area contributed by atoms with E-state index in [9.17, 15) is 0 Å². The Hall–Kier alpha value is -1.58. The molecule has 2 aromatic rings. The fourth-order valence-corrected chi connectivity index (χ4v) is 2.02. The molecular weight excluding hydrogens is 248 g/mol. The Balaban J connectivity index is 2.44. The van der Waals surface area contributed by atoms with Crippen LogP contribution in [0, 0.1) is 0 Å². The summed E-state index contributed by atoms with van der Waals surface area (Å²) in [4.78, 5) is 4.18. The lowest BCUT2D eigenvalue weighted by Crippen LogP contribution is -1.99. The Labute approximate surface area is 112 Å². The standard InChI is InChI=1S/C14H15ClN2O/c1-2-18-13-6-11(8-17-9-13)14-4-3-12(15)5-10(14)7-16/h3-6,8-9H,2,7,16H2,1H3. The molecule has 0 saturated carbocycles. The van der Waals surface area contributed by atoms with Crippen LogP contribution in [0.4, 0.5) is 0 Å². The molecule has 94 valence electrons. The van der Waals surface area contributed by atoms with Crippen LogP contribution in [0.25, 0.3) is 11.1 Å². The van der Waals surface area contributed by atoms with Crippen molar-refractivity contribution >= 4 is 11.6 Å². The molecule has 4 heteroatoms. The van der Waals surface area contributed by atoms with E-state index in [4.69, 9.17) is 22.1 Å². The summed E-state index contributed by atoms with van der Waals surface area (Å²) in [6.07, 6.45) is 3.50. The first-order chi connectivity index (χ1) is 8.74. The zero-order chi connectivity index (χ0) is 13.0. The van der Waals surface area contributed by atoms with Crippen molar-refractivity contribution in [2.24, 2.45) is 5.73 Å². The molecule has 0 atom stereocenters. The molecule has 0 unspecified atom stereocenters. The average Bonchev–Trinajstić information content (AvgIpc) is 2.39. The van der Waals surface area contributed by atoms with Crippen molar-refractivity contribution in [3.05, 3.63) is 47.2 Å². The number of hydrogen-bond donors (Lipinski definition) is 1. The topological polar surface area (TPSA) is 48.1 Å². The van der Waals surface area contributed by atoms with Gasteiger partial charge in [0.15, 0.2) is 0 Å². The van der Waals surface area contributed by atoms with Gasteiger partial charge in [0.25, 0.3) is 0 Å². The van der Waals surface area contributed by atoms with E-state index >= 15 is 0 Å². The third-order valence-corrected chi connectivity index (χ3v) is 2.86. The van der Waals surface area contributed by atoms with Crippen LogP contribution in [0.2, 0.25) is 5.02 Å². The second kappa shape index (κ2) is 5.85. The van der Waals surface area contributed by atoms with Crippen molar-refractivity contribution in [2.75, 3.05) is 6.61 Å². The van der Waals surface area contributed by atoms with E-state index in [2.05, 4.69) is 4.98 Å². The summed E-state index contributed by atoms with van der Waals surface area (Å²) in [5.41, 5.74) is 8.76. The Bertz CT molecular complexity index is 543. The van der Waals surface area contributed by atoms with Crippen molar-refractivity contribution < 1.29 is 4.74 Å². The first-order valence-corrected chi connectivity index (χ1v) is 6.19. The lowest BCUT2D eigenvalue weighted by atomic mass is 10.0. The molecule has 0 aliphatic heterocycles. The summed E-state index contributed by atoms with van der Waals surface area (Å²) in [6, 6.07) is 7.64. The lowest BCUT2D eigenvalue weighted by Gasteiger charge is -2.10. The Morgan fingerprint density at radius 2 is 2.11 bits per heavy atom. The van der Waals surface area contributed by atoms with Gasteiger partial charge < -0.3 is 10.5 Å². The van der Waals surface area contributed by atoms with Gasteiger partial charge in [-0.25, -0.2) is 0 Å². The van der Waals surface area contributed by atoms with Gasteiger partial charge in [-0.15, -0.1) is 0 Å². The summed E-state index contributed by atoms with van der Waals surface area (Å²) in [5.74, 6) is 0.757. The fourth-order valence-electron chi connectivity index (χ4n) is 1.82. The number of benzene rings is 1. The predicted octanol–water partition coefficient (Wildman–Crippen LogP) is 3.26. The molecule has 1 aromatic heterocycles. The third kappa shape index (κ3) is 2.81. The number of pyridine rings is 1. The molecule has 2 N–H and O–H groups in total. The van der Waals surface area contributed by atoms with Gasteiger partial charge in [0.05, 0.1) is 12.8 Å². The summed E-state index contributed by atoms with van der Waals surface area (Å²) in [5, 5.41) is 0.688. The normalized spacial score (nSPS) is 10.4. The van der Waals surface area contributed by atoms with Gasteiger partial charge in [-0.05, 0) is 36.2 Å². The minimum atomic E-state index is 0.439. The first kappa shape index (κ1) is 12.9. The molecule has 0 fully saturated rings. The highest BCUT2D eigenvalue weighted by molar-refractivity contribution is 6.30. The van der Waals surface area contributed by atoms with E-state index in [1.807, 2.05) is 31.2 Å². The van der Waals surface area contributed by atoms with Crippen LogP contribution in [0.1, 0.15) is 12.5 Å². The van der Waals surface area contributed by atoms with E-state index in [1.54, 1.807) is 12.4 Å². The monoisotopic (exact) mass is 262 g/mol. The Morgan fingerprint density at radius 1 is 1.28 bits per heavy atom. The van der Waals surface area contributed by atoms with Gasteiger partial charge in [0, 0.05) is 23.3 Å². The molecule has 0 aliphatic carbocycles. The maximum absolute atomic E-state index is 5.97. The van der Waals surface area contributed by atoms with Crippen molar-refractivity contribution in [1.29, 1.82) is 0 Å². The molecule has 1 heterocycles. The number of hydrogen-bond acceptors (Lipinski definition) is 3. The van der Waals surface area contributed by atoms with Crippen LogP contribution in [-0.2, 0) is 6.54 Å². The fraction of sp³-hybridized carbons (Fsp3) is 0.214. The molecule has 0 saturated heterocycles. The van der Waals surface area contributed by atoms with Crippen molar-refractivity contribution in [2.45, 2.75) is 13.5 Å². The van der Waals surface area contributed by atoms with Gasteiger partial charge in [-0.2, -0.15) is 0 Å². The van der Waals surface area contributed by atoms with Gasteiger partial charge in [-0.3, -0.25) is 4.98 Å². The number of halogens is 1. The second-order valence-corrected chi connectivity index (χ2v) is 4.28. The summed E-state index contributed by atoms with van der Waals surface area (Å²) in [7, 11) is 0. The highest BCUT2D eigenvalue weighted by Crippen LogP contribution is 2.28. The summed E-state index contributed by atoms with van der Waals surface area (Å²) >= 11 is 5.97. The number of nitrogens with zero attached hydrogens (tertiary/aromatic N) is 1. The number of aromatic nitrogens is 1. The number of ether oxygens (including phenoxy) is 1. The highest BCUT2D eigenvalue weighted by atomic mass is 35.5. The van der Waals surface area contributed by atoms with Gasteiger partial charge in [0.1, 0.15) is 5.75 Å². The third-order valence-electron chi connectivity index (χ3n) is 2.62. The van der Waals surface area contributed by atoms with Crippen LogP contribution < -0.4 is 10.5 Å². The van der Waals surface area contributed by atoms with Gasteiger partial charge >= 0.3 is 0 Å². The molecule has 0 spiro atoms. The molecule has 18 heavy (non-hydrogen) atoms. The van der Waals surface area contributed by atoms with E-state index in [0.29, 0.717) is 18.2 Å². The van der Waals surface area contributed by atoms with Crippen molar-refractivity contribution in [1.82, 2.24) is 4.98 Å². The number of nitrogens with two attached hydrogens (primary N) is 1. The smallest absolute Gasteiger partial charge is 0.138 e. The Kier molecular flexibility index (Phi) is 4.18. The zero-order valence-corrected chi connectivity index (χ0v) is 10.9. The maximum atomic E-state index is 5.97. The molecule has 3 nitrogen and oxygen atoms in total. The van der Waals surface area contributed by atoms with Gasteiger partial charge in [0.2, 0.25) is 0 Å². The zero-order valence-electron chi connectivity index (χ0n) is 10.2. The van der Waals surface area contributed by atoms with E-state index in [1.165, 1.54) is 0 Å². The summed E-state index contributed by atoms with van der Waals surface area (Å²) < 4.78 is 5.45. The molecule has 0 aliphatic rings. The highest BCUT2D eigenvalue weighted by Gasteiger charge is 2.06. The largest absolute Gasteiger partial charge is 0.492 e. The van der Waals surface area contributed by atoms with Crippen LogP contribution in [0.3, 0.4) is 0 Å². The minimum absolute atomic E-state index is 0.439. The molecule has 0 bridgehead atoms. The molecule has 1 aromatic carbocycles. The van der Waals surface area contributed by atoms with E-state index in [0.717, 1.165) is 22.4 Å². The lowest BCUT2D eigenvalue weighted by molar-refractivity contribution is 0.339. The maximum Gasteiger partial charge on any atom is 0.138 e. The first-order valence-electron chi connectivity index (χ1n) is 5.81. The summed E-state index contributed by atoms with van der Waals surface area (Å²) in [6.45, 7) is 3.00. The van der Waals surface area contributed by atoms with Crippen molar-refractivity contribution in [3.63, 3.8) is 0 Å². The van der Waals surface area contributed by atoms with Gasteiger partial charge in [-0.1, -0.05) is 17.7 Å². The molecule has 0 radical (unpaired) electrons. The van der Waals surface area contributed by atoms with E-state index < -0.39 is 0 Å². The van der Waals surface area contributed by atoms with Crippen LogP contribution in [-0.4, -0.2) is 11.6 Å². The average molecular weight is 263 g/mol. The molecular formula is C14H15ClN2O. The minimum Gasteiger partial charge on any atom is -0.492 e. The van der Waals surface area contributed by atoms with Crippen LogP contribution in [0.15, 0.2) is 36.7 Å². The van der Waals surface area contributed by atoms with Crippen LogP contribution >= 0.6 is 11.6 Å². The Morgan fingerprint density at radius 3 is 2.83 bits per heavy atom. The molecule has 2 rings (SSSR count). The quantitative estimate of drug-likeness (QED) is 0.920.